The van der Waals surface area contributed by atoms with Gasteiger partial charge in [-0.3, -0.25) is 9.69 Å². The Morgan fingerprint density at radius 3 is 2.75 bits per heavy atom. The molecule has 1 amide bonds. The predicted octanol–water partition coefficient (Wildman–Crippen LogP) is 1.81. The summed E-state index contributed by atoms with van der Waals surface area (Å²) in [6, 6.07) is 8.44. The van der Waals surface area contributed by atoms with Crippen LogP contribution >= 0.6 is 0 Å². The molecule has 0 saturated carbocycles. The van der Waals surface area contributed by atoms with Crippen LogP contribution in [-0.4, -0.2) is 68.8 Å². The van der Waals surface area contributed by atoms with Crippen molar-refractivity contribution in [3.8, 4) is 5.75 Å². The molecule has 5 nitrogen and oxygen atoms in total. The number of aryl methyl sites for hydroxylation is 1. The first-order chi connectivity index (χ1) is 11.7. The monoisotopic (exact) mass is 332 g/mol. The molecule has 24 heavy (non-hydrogen) atoms. The van der Waals surface area contributed by atoms with E-state index in [1.54, 1.807) is 7.11 Å². The van der Waals surface area contributed by atoms with Gasteiger partial charge in [0.25, 0.3) is 0 Å². The number of carbonyl (C=O) groups excluding carboxylic acids is 1. The molecule has 1 aromatic carbocycles. The van der Waals surface area contributed by atoms with Gasteiger partial charge in [0.1, 0.15) is 5.75 Å². The smallest absolute Gasteiger partial charge is 0.222 e. The topological polar surface area (TPSA) is 42.0 Å². The second-order valence-electron chi connectivity index (χ2n) is 7.00. The van der Waals surface area contributed by atoms with Crippen LogP contribution in [0.5, 0.6) is 5.75 Å². The lowest BCUT2D eigenvalue weighted by Gasteiger charge is -2.29. The number of fused-ring (bicyclic) bond motifs is 3. The van der Waals surface area contributed by atoms with E-state index in [2.05, 4.69) is 29.0 Å². The molecule has 0 spiro atoms. The first-order valence-electron chi connectivity index (χ1n) is 8.84. The summed E-state index contributed by atoms with van der Waals surface area (Å²) >= 11 is 0. The molecule has 1 aromatic rings. The largest absolute Gasteiger partial charge is 0.497 e. The summed E-state index contributed by atoms with van der Waals surface area (Å²) in [5.74, 6) is 1.60. The van der Waals surface area contributed by atoms with Gasteiger partial charge in [-0.1, -0.05) is 12.1 Å². The molecule has 132 valence electrons. The minimum Gasteiger partial charge on any atom is -0.497 e. The van der Waals surface area contributed by atoms with Crippen LogP contribution in [-0.2, 0) is 16.0 Å². The number of nitrogens with zero attached hydrogens (tertiary/aromatic N) is 2. The number of ether oxygens (including phenoxy) is 2. The van der Waals surface area contributed by atoms with E-state index >= 15 is 0 Å². The maximum absolute atomic E-state index is 12.6. The third-order valence-corrected chi connectivity index (χ3v) is 5.11. The van der Waals surface area contributed by atoms with E-state index < -0.39 is 0 Å². The van der Waals surface area contributed by atoms with Crippen LogP contribution in [0.4, 0.5) is 0 Å². The molecule has 0 aromatic heterocycles. The number of benzene rings is 1. The molecule has 2 saturated heterocycles. The molecule has 2 aliphatic rings. The van der Waals surface area contributed by atoms with Gasteiger partial charge in [-0.15, -0.1) is 0 Å². The third-order valence-electron chi connectivity index (χ3n) is 5.11. The van der Waals surface area contributed by atoms with Crippen LogP contribution in [0.15, 0.2) is 24.3 Å². The maximum atomic E-state index is 12.6. The maximum Gasteiger partial charge on any atom is 0.222 e. The highest BCUT2D eigenvalue weighted by atomic mass is 16.5. The highest BCUT2D eigenvalue weighted by Crippen LogP contribution is 2.19. The Morgan fingerprint density at radius 2 is 2.00 bits per heavy atom. The first kappa shape index (κ1) is 17.2. The van der Waals surface area contributed by atoms with Gasteiger partial charge in [0, 0.05) is 32.0 Å². The van der Waals surface area contributed by atoms with Crippen LogP contribution in [0.3, 0.4) is 0 Å². The molecular weight excluding hydrogens is 304 g/mol. The van der Waals surface area contributed by atoms with Crippen molar-refractivity contribution in [2.24, 2.45) is 5.92 Å². The van der Waals surface area contributed by atoms with E-state index in [1.807, 2.05) is 12.1 Å². The Bertz CT molecular complexity index is 546. The minimum atomic E-state index is 0.288. The van der Waals surface area contributed by atoms with Crippen LogP contribution < -0.4 is 4.74 Å². The van der Waals surface area contributed by atoms with Gasteiger partial charge in [0.2, 0.25) is 5.91 Å². The minimum absolute atomic E-state index is 0.288. The normalized spacial score (nSPS) is 24.5. The van der Waals surface area contributed by atoms with Gasteiger partial charge in [-0.05, 0) is 37.6 Å². The fourth-order valence-electron chi connectivity index (χ4n) is 3.65. The SMILES string of the molecule is COc1ccc(CCCC(=O)N2C[C@@H]3COC[C@H](C2)N(C)C3)cc1. The predicted molar refractivity (Wildman–Crippen MR) is 93.2 cm³/mol. The van der Waals surface area contributed by atoms with E-state index in [0.29, 0.717) is 18.4 Å². The molecule has 2 aliphatic heterocycles. The lowest BCUT2D eigenvalue weighted by molar-refractivity contribution is -0.133. The zero-order valence-electron chi connectivity index (χ0n) is 14.7. The number of methoxy groups -OCH3 is 1. The summed E-state index contributed by atoms with van der Waals surface area (Å²) in [5.41, 5.74) is 1.25. The number of rotatable bonds is 5. The number of carbonyl (C=O) groups is 1. The molecule has 0 N–H and O–H groups in total. The Hall–Kier alpha value is -1.59. The molecule has 0 radical (unpaired) electrons. The molecule has 0 unspecified atom stereocenters. The van der Waals surface area contributed by atoms with Crippen molar-refractivity contribution in [2.75, 3.05) is 47.0 Å². The summed E-state index contributed by atoms with van der Waals surface area (Å²) in [5, 5.41) is 0. The quantitative estimate of drug-likeness (QED) is 0.825. The molecule has 5 heteroatoms. The van der Waals surface area contributed by atoms with Crippen LogP contribution in [0.25, 0.3) is 0 Å². The molecule has 2 heterocycles. The van der Waals surface area contributed by atoms with Crippen LogP contribution in [0, 0.1) is 5.92 Å². The van der Waals surface area contributed by atoms with E-state index in [9.17, 15) is 4.79 Å². The van der Waals surface area contributed by atoms with Gasteiger partial charge in [-0.25, -0.2) is 0 Å². The molecule has 3 rings (SSSR count). The number of hydrogen-bond acceptors (Lipinski definition) is 4. The van der Waals surface area contributed by atoms with Crippen molar-refractivity contribution in [1.29, 1.82) is 0 Å². The van der Waals surface area contributed by atoms with Crippen molar-refractivity contribution >= 4 is 5.91 Å². The van der Waals surface area contributed by atoms with Gasteiger partial charge >= 0.3 is 0 Å². The average Bonchev–Trinajstić information content (AvgIpc) is 2.84. The standard InChI is InChI=1S/C19H28N2O3/c1-20-10-16-11-21(12-17(20)14-24-13-16)19(22)5-3-4-15-6-8-18(23-2)9-7-15/h6-9,16-17H,3-5,10-14H2,1-2H3/t16-,17+/m1/s1. The number of likely N-dealkylation sites (N-methyl/N-ethyl adjacent to an activating group) is 1. The summed E-state index contributed by atoms with van der Waals surface area (Å²) in [6.07, 6.45) is 2.44. The summed E-state index contributed by atoms with van der Waals surface area (Å²) < 4.78 is 10.9. The summed E-state index contributed by atoms with van der Waals surface area (Å²) in [4.78, 5) is 17.0. The fourth-order valence-corrected chi connectivity index (χ4v) is 3.65. The van der Waals surface area contributed by atoms with Crippen molar-refractivity contribution in [2.45, 2.75) is 25.3 Å². The van der Waals surface area contributed by atoms with Gasteiger partial charge in [0.15, 0.2) is 0 Å². The third kappa shape index (κ3) is 4.28. The molecular formula is C19H28N2O3. The molecule has 2 atom stereocenters. The Labute approximate surface area is 144 Å². The number of amides is 1. The van der Waals surface area contributed by atoms with Crippen molar-refractivity contribution < 1.29 is 14.3 Å². The Balaban J connectivity index is 1.49. The van der Waals surface area contributed by atoms with Gasteiger partial charge in [-0.2, -0.15) is 0 Å². The first-order valence-corrected chi connectivity index (χ1v) is 8.84. The van der Waals surface area contributed by atoms with Crippen molar-refractivity contribution in [1.82, 2.24) is 9.80 Å². The Kier molecular flexibility index (Phi) is 5.74. The fraction of sp³-hybridized carbons (Fsp3) is 0.632. The van der Waals surface area contributed by atoms with E-state index in [1.165, 1.54) is 5.56 Å². The highest BCUT2D eigenvalue weighted by Gasteiger charge is 2.32. The van der Waals surface area contributed by atoms with Crippen molar-refractivity contribution in [3.63, 3.8) is 0 Å². The second-order valence-corrected chi connectivity index (χ2v) is 7.00. The molecule has 2 fully saturated rings. The zero-order valence-corrected chi connectivity index (χ0v) is 14.7. The highest BCUT2D eigenvalue weighted by molar-refractivity contribution is 5.76. The zero-order chi connectivity index (χ0) is 16.9. The van der Waals surface area contributed by atoms with Gasteiger partial charge < -0.3 is 14.4 Å². The second kappa shape index (κ2) is 7.99. The number of hydrogen-bond donors (Lipinski definition) is 0. The summed E-state index contributed by atoms with van der Waals surface area (Å²) in [6.45, 7) is 4.18. The molecule has 0 aliphatic carbocycles. The van der Waals surface area contributed by atoms with E-state index in [4.69, 9.17) is 9.47 Å². The Morgan fingerprint density at radius 1 is 1.21 bits per heavy atom. The summed E-state index contributed by atoms with van der Waals surface area (Å²) in [7, 11) is 3.82. The van der Waals surface area contributed by atoms with Crippen molar-refractivity contribution in [3.05, 3.63) is 29.8 Å². The van der Waals surface area contributed by atoms with Crippen LogP contribution in [0.1, 0.15) is 18.4 Å². The lowest BCUT2D eigenvalue weighted by atomic mass is 10.1. The van der Waals surface area contributed by atoms with E-state index in [-0.39, 0.29) is 5.91 Å². The van der Waals surface area contributed by atoms with E-state index in [0.717, 1.165) is 51.4 Å². The van der Waals surface area contributed by atoms with Gasteiger partial charge in [0.05, 0.1) is 26.4 Å². The molecule has 2 bridgehead atoms. The van der Waals surface area contributed by atoms with Crippen LogP contribution in [0.2, 0.25) is 0 Å². The lowest BCUT2D eigenvalue weighted by Crippen LogP contribution is -2.44. The average molecular weight is 332 g/mol.